The summed E-state index contributed by atoms with van der Waals surface area (Å²) in [5, 5.41) is 2.49. The maximum Gasteiger partial charge on any atom is 0.243 e. The molecular formula is C7H8N2OS. The van der Waals surface area contributed by atoms with Gasteiger partial charge >= 0.3 is 0 Å². The van der Waals surface area contributed by atoms with Crippen LogP contribution < -0.4 is 5.32 Å². The fraction of sp³-hybridized carbons (Fsp3) is 0.143. The molecule has 1 amide bonds. The minimum absolute atomic E-state index is 0.0987. The summed E-state index contributed by atoms with van der Waals surface area (Å²) in [7, 11) is 1.60. The molecule has 0 radical (unpaired) electrons. The van der Waals surface area contributed by atoms with Gasteiger partial charge in [-0.2, -0.15) is 0 Å². The van der Waals surface area contributed by atoms with Gasteiger partial charge in [0.25, 0.3) is 0 Å². The second-order valence-electron chi connectivity index (χ2n) is 1.85. The van der Waals surface area contributed by atoms with Gasteiger partial charge in [-0.05, 0) is 6.08 Å². The average Bonchev–Trinajstić information content (AvgIpc) is 2.52. The molecule has 11 heavy (non-hydrogen) atoms. The smallest absolute Gasteiger partial charge is 0.243 e. The first-order valence-electron chi connectivity index (χ1n) is 3.11. The van der Waals surface area contributed by atoms with Crippen molar-refractivity contribution in [1.82, 2.24) is 10.3 Å². The zero-order chi connectivity index (χ0) is 8.10. The Balaban J connectivity index is 2.55. The van der Waals surface area contributed by atoms with E-state index < -0.39 is 0 Å². The van der Waals surface area contributed by atoms with Gasteiger partial charge in [-0.15, -0.1) is 11.3 Å². The molecule has 0 atom stereocenters. The zero-order valence-electron chi connectivity index (χ0n) is 6.07. The lowest BCUT2D eigenvalue weighted by molar-refractivity contribution is -0.115. The van der Waals surface area contributed by atoms with E-state index in [9.17, 15) is 4.79 Å². The molecule has 1 aromatic heterocycles. The number of hydrogen-bond acceptors (Lipinski definition) is 3. The summed E-state index contributed by atoms with van der Waals surface area (Å²) in [6.45, 7) is 0. The first kappa shape index (κ1) is 7.94. The lowest BCUT2D eigenvalue weighted by Crippen LogP contribution is -2.13. The van der Waals surface area contributed by atoms with E-state index in [2.05, 4.69) is 10.3 Å². The lowest BCUT2D eigenvalue weighted by atomic mass is 10.4. The van der Waals surface area contributed by atoms with Crippen LogP contribution in [0.4, 0.5) is 0 Å². The zero-order valence-corrected chi connectivity index (χ0v) is 6.89. The molecule has 0 unspecified atom stereocenters. The molecule has 0 saturated heterocycles. The number of nitrogens with one attached hydrogen (secondary N) is 1. The highest BCUT2D eigenvalue weighted by Crippen LogP contribution is 2.06. The van der Waals surface area contributed by atoms with Gasteiger partial charge < -0.3 is 5.32 Å². The molecular weight excluding hydrogens is 160 g/mol. The maximum absolute atomic E-state index is 10.7. The minimum atomic E-state index is -0.0987. The first-order valence-corrected chi connectivity index (χ1v) is 3.99. The van der Waals surface area contributed by atoms with Crippen molar-refractivity contribution < 1.29 is 4.79 Å². The number of amides is 1. The normalized spacial score (nSPS) is 10.3. The molecule has 0 aliphatic rings. The Hall–Kier alpha value is -1.16. The molecule has 1 rings (SSSR count). The van der Waals surface area contributed by atoms with E-state index in [1.807, 2.05) is 0 Å². The number of aromatic nitrogens is 1. The van der Waals surface area contributed by atoms with Crippen molar-refractivity contribution in [2.75, 3.05) is 7.05 Å². The highest BCUT2D eigenvalue weighted by Gasteiger charge is 1.89. The molecule has 0 saturated carbocycles. The summed E-state index contributed by atoms with van der Waals surface area (Å²) in [6.07, 6.45) is 4.92. The standard InChI is InChI=1S/C7H8N2OS/c1-8-7(10)3-2-6-4-9-5-11-6/h2-5H,1H3,(H,8,10)/b3-2+. The number of carbonyl (C=O) groups excluding carboxylic acids is 1. The predicted octanol–water partition coefficient (Wildman–Crippen LogP) is 0.902. The molecule has 4 heteroatoms. The minimum Gasteiger partial charge on any atom is -0.356 e. The Morgan fingerprint density at radius 1 is 1.82 bits per heavy atom. The van der Waals surface area contributed by atoms with Crippen LogP contribution in [0.3, 0.4) is 0 Å². The van der Waals surface area contributed by atoms with Crippen LogP contribution >= 0.6 is 11.3 Å². The average molecular weight is 168 g/mol. The van der Waals surface area contributed by atoms with Crippen molar-refractivity contribution in [3.8, 4) is 0 Å². The Bertz CT molecular complexity index is 253. The van der Waals surface area contributed by atoms with E-state index in [0.29, 0.717) is 0 Å². The van der Waals surface area contributed by atoms with Gasteiger partial charge in [0.15, 0.2) is 0 Å². The van der Waals surface area contributed by atoms with Gasteiger partial charge in [0.2, 0.25) is 5.91 Å². The molecule has 1 N–H and O–H groups in total. The van der Waals surface area contributed by atoms with Crippen LogP contribution in [-0.4, -0.2) is 17.9 Å². The third-order valence-electron chi connectivity index (χ3n) is 1.10. The topological polar surface area (TPSA) is 42.0 Å². The Morgan fingerprint density at radius 3 is 3.18 bits per heavy atom. The quantitative estimate of drug-likeness (QED) is 0.667. The molecule has 0 bridgehead atoms. The lowest BCUT2D eigenvalue weighted by Gasteiger charge is -1.86. The largest absolute Gasteiger partial charge is 0.356 e. The fourth-order valence-corrected chi connectivity index (χ4v) is 1.06. The summed E-state index contributed by atoms with van der Waals surface area (Å²) in [4.78, 5) is 15.5. The van der Waals surface area contributed by atoms with Crippen molar-refractivity contribution in [2.24, 2.45) is 0 Å². The third-order valence-corrected chi connectivity index (χ3v) is 1.84. The number of carbonyl (C=O) groups is 1. The van der Waals surface area contributed by atoms with E-state index in [-0.39, 0.29) is 5.91 Å². The highest BCUT2D eigenvalue weighted by atomic mass is 32.1. The molecule has 1 heterocycles. The fourth-order valence-electron chi connectivity index (χ4n) is 0.549. The van der Waals surface area contributed by atoms with Crippen LogP contribution in [0.25, 0.3) is 6.08 Å². The number of likely N-dealkylation sites (N-methyl/N-ethyl adjacent to an activating group) is 1. The number of hydrogen-bond donors (Lipinski definition) is 1. The van der Waals surface area contributed by atoms with Crippen LogP contribution in [0, 0.1) is 0 Å². The molecule has 0 spiro atoms. The van der Waals surface area contributed by atoms with Crippen molar-refractivity contribution >= 4 is 23.3 Å². The van der Waals surface area contributed by atoms with Crippen LogP contribution in [0.1, 0.15) is 4.88 Å². The van der Waals surface area contributed by atoms with Crippen molar-refractivity contribution in [3.05, 3.63) is 22.7 Å². The molecule has 1 aromatic rings. The van der Waals surface area contributed by atoms with Crippen LogP contribution in [0.5, 0.6) is 0 Å². The number of rotatable bonds is 2. The van der Waals surface area contributed by atoms with Crippen LogP contribution in [-0.2, 0) is 4.79 Å². The van der Waals surface area contributed by atoms with Crippen molar-refractivity contribution in [2.45, 2.75) is 0 Å². The Kier molecular flexibility index (Phi) is 2.80. The SMILES string of the molecule is CNC(=O)/C=C/c1cncs1. The van der Waals surface area contributed by atoms with Gasteiger partial charge in [-0.25, -0.2) is 0 Å². The summed E-state index contributed by atoms with van der Waals surface area (Å²) in [6, 6.07) is 0. The monoisotopic (exact) mass is 168 g/mol. The summed E-state index contributed by atoms with van der Waals surface area (Å²) < 4.78 is 0. The van der Waals surface area contributed by atoms with Gasteiger partial charge in [0.1, 0.15) is 0 Å². The van der Waals surface area contributed by atoms with Crippen LogP contribution in [0.2, 0.25) is 0 Å². The summed E-state index contributed by atoms with van der Waals surface area (Å²) >= 11 is 1.50. The molecule has 0 fully saturated rings. The predicted molar refractivity (Wildman–Crippen MR) is 45.2 cm³/mol. The molecule has 0 aromatic carbocycles. The van der Waals surface area contributed by atoms with E-state index in [4.69, 9.17) is 0 Å². The molecule has 3 nitrogen and oxygen atoms in total. The summed E-state index contributed by atoms with van der Waals surface area (Å²) in [5.41, 5.74) is 1.73. The van der Waals surface area contributed by atoms with E-state index in [1.165, 1.54) is 17.4 Å². The number of thiazole rings is 1. The van der Waals surface area contributed by atoms with Gasteiger partial charge in [0.05, 0.1) is 5.51 Å². The molecule has 0 aliphatic carbocycles. The maximum atomic E-state index is 10.7. The van der Waals surface area contributed by atoms with E-state index >= 15 is 0 Å². The van der Waals surface area contributed by atoms with Gasteiger partial charge in [-0.1, -0.05) is 0 Å². The Morgan fingerprint density at radius 2 is 2.64 bits per heavy atom. The van der Waals surface area contributed by atoms with E-state index in [1.54, 1.807) is 24.8 Å². The third kappa shape index (κ3) is 2.51. The Labute approximate surface area is 68.8 Å². The van der Waals surface area contributed by atoms with Gasteiger partial charge in [0, 0.05) is 24.2 Å². The number of nitrogens with zero attached hydrogens (tertiary/aromatic N) is 1. The first-order chi connectivity index (χ1) is 5.33. The molecule has 0 aliphatic heterocycles. The van der Waals surface area contributed by atoms with E-state index in [0.717, 1.165) is 4.88 Å². The van der Waals surface area contributed by atoms with Crippen LogP contribution in [0.15, 0.2) is 17.8 Å². The van der Waals surface area contributed by atoms with Crippen molar-refractivity contribution in [1.29, 1.82) is 0 Å². The second-order valence-corrected chi connectivity index (χ2v) is 2.77. The molecule has 58 valence electrons. The summed E-state index contributed by atoms with van der Waals surface area (Å²) in [5.74, 6) is -0.0987. The second kappa shape index (κ2) is 3.88. The van der Waals surface area contributed by atoms with Gasteiger partial charge in [-0.3, -0.25) is 9.78 Å². The van der Waals surface area contributed by atoms with Crippen molar-refractivity contribution in [3.63, 3.8) is 0 Å². The highest BCUT2D eigenvalue weighted by molar-refractivity contribution is 7.10.